The number of nitrogens with one attached hydrogen (secondary N) is 1. The van der Waals surface area contributed by atoms with Crippen molar-refractivity contribution in [2.24, 2.45) is 5.92 Å². The minimum absolute atomic E-state index is 0.132. The summed E-state index contributed by atoms with van der Waals surface area (Å²) >= 11 is 0. The molecule has 5 heteroatoms. The number of carbonyl (C=O) groups is 1. The normalized spacial score (nSPS) is 17.5. The molecule has 1 heterocycles. The molecule has 0 radical (unpaired) electrons. The van der Waals surface area contributed by atoms with E-state index in [0.29, 0.717) is 18.2 Å². The lowest BCUT2D eigenvalue weighted by molar-refractivity contribution is 0.0640. The van der Waals surface area contributed by atoms with Gasteiger partial charge in [0.2, 0.25) is 0 Å². The third kappa shape index (κ3) is 2.36. The van der Waals surface area contributed by atoms with E-state index in [-0.39, 0.29) is 12.0 Å². The molecule has 1 unspecified atom stereocenters. The Morgan fingerprint density at radius 2 is 2.53 bits per heavy atom. The highest BCUT2D eigenvalue weighted by Crippen LogP contribution is 2.32. The summed E-state index contributed by atoms with van der Waals surface area (Å²) in [6.07, 6.45) is 3.31. The monoisotopic (exact) mass is 209 g/mol. The zero-order chi connectivity index (χ0) is 10.8. The number of aliphatic hydroxyl groups excluding tert-OH is 1. The van der Waals surface area contributed by atoms with Crippen LogP contribution >= 0.6 is 0 Å². The Balaban J connectivity index is 1.89. The second kappa shape index (κ2) is 4.02. The molecule has 1 aliphatic carbocycles. The summed E-state index contributed by atoms with van der Waals surface area (Å²) in [7, 11) is 1.69. The van der Waals surface area contributed by atoms with Gasteiger partial charge in [-0.25, -0.2) is 0 Å². The van der Waals surface area contributed by atoms with Gasteiger partial charge < -0.3 is 10.0 Å². The highest BCUT2D eigenvalue weighted by molar-refractivity contribution is 5.91. The Morgan fingerprint density at radius 3 is 3.07 bits per heavy atom. The van der Waals surface area contributed by atoms with Crippen LogP contribution in [-0.4, -0.2) is 45.8 Å². The fraction of sp³-hybridized carbons (Fsp3) is 0.600. The molecule has 5 nitrogen and oxygen atoms in total. The highest BCUT2D eigenvalue weighted by Gasteiger charge is 2.31. The van der Waals surface area contributed by atoms with Crippen LogP contribution in [0.5, 0.6) is 0 Å². The average molecular weight is 209 g/mol. The maximum Gasteiger partial charge on any atom is 0.271 e. The summed E-state index contributed by atoms with van der Waals surface area (Å²) in [6, 6.07) is 1.63. The van der Waals surface area contributed by atoms with Crippen molar-refractivity contribution in [1.82, 2.24) is 15.1 Å². The van der Waals surface area contributed by atoms with E-state index in [2.05, 4.69) is 10.2 Å². The standard InChI is InChI=1S/C10H15N3O2/c1-13(6-9(14)7-2-3-7)10(15)8-4-5-11-12-8/h4-5,7,9,14H,2-3,6H2,1H3,(H,11,12). The van der Waals surface area contributed by atoms with Crippen LogP contribution in [0, 0.1) is 5.92 Å². The second-order valence-electron chi connectivity index (χ2n) is 4.06. The van der Waals surface area contributed by atoms with E-state index in [1.54, 1.807) is 19.3 Å². The predicted molar refractivity (Wildman–Crippen MR) is 54.3 cm³/mol. The minimum Gasteiger partial charge on any atom is -0.391 e. The molecular formula is C10H15N3O2. The van der Waals surface area contributed by atoms with Crippen molar-refractivity contribution in [3.63, 3.8) is 0 Å². The molecule has 1 atom stereocenters. The Bertz CT molecular complexity index is 332. The molecule has 82 valence electrons. The number of amides is 1. The van der Waals surface area contributed by atoms with E-state index >= 15 is 0 Å². The van der Waals surface area contributed by atoms with Crippen LogP contribution in [0.3, 0.4) is 0 Å². The van der Waals surface area contributed by atoms with E-state index in [9.17, 15) is 9.90 Å². The van der Waals surface area contributed by atoms with Crippen molar-refractivity contribution in [1.29, 1.82) is 0 Å². The van der Waals surface area contributed by atoms with Crippen molar-refractivity contribution in [2.45, 2.75) is 18.9 Å². The van der Waals surface area contributed by atoms with Gasteiger partial charge in [0.25, 0.3) is 5.91 Å². The molecule has 0 aromatic carbocycles. The number of aliphatic hydroxyl groups is 1. The van der Waals surface area contributed by atoms with Gasteiger partial charge in [-0.2, -0.15) is 5.10 Å². The van der Waals surface area contributed by atoms with Crippen LogP contribution in [0.2, 0.25) is 0 Å². The fourth-order valence-electron chi connectivity index (χ4n) is 1.57. The van der Waals surface area contributed by atoms with Gasteiger partial charge in [-0.3, -0.25) is 9.89 Å². The maximum atomic E-state index is 11.7. The first-order valence-corrected chi connectivity index (χ1v) is 5.11. The summed E-state index contributed by atoms with van der Waals surface area (Å²) in [5.41, 5.74) is 0.459. The smallest absolute Gasteiger partial charge is 0.271 e. The highest BCUT2D eigenvalue weighted by atomic mass is 16.3. The molecule has 2 rings (SSSR count). The summed E-state index contributed by atoms with van der Waals surface area (Å²) in [6.45, 7) is 0.391. The van der Waals surface area contributed by atoms with E-state index < -0.39 is 0 Å². The van der Waals surface area contributed by atoms with Gasteiger partial charge in [0.15, 0.2) is 0 Å². The number of aromatic amines is 1. The number of likely N-dealkylation sites (N-methyl/N-ethyl adjacent to an activating group) is 1. The van der Waals surface area contributed by atoms with Gasteiger partial charge in [-0.05, 0) is 24.8 Å². The van der Waals surface area contributed by atoms with Crippen LogP contribution in [0.15, 0.2) is 12.3 Å². The third-order valence-corrected chi connectivity index (χ3v) is 2.70. The molecule has 1 fully saturated rings. The summed E-state index contributed by atoms with van der Waals surface area (Å²) < 4.78 is 0. The third-order valence-electron chi connectivity index (χ3n) is 2.70. The Morgan fingerprint density at radius 1 is 1.80 bits per heavy atom. The fourth-order valence-corrected chi connectivity index (χ4v) is 1.57. The van der Waals surface area contributed by atoms with Crippen molar-refractivity contribution in [2.75, 3.05) is 13.6 Å². The lowest BCUT2D eigenvalue weighted by Crippen LogP contribution is -2.35. The first kappa shape index (κ1) is 10.2. The lowest BCUT2D eigenvalue weighted by Gasteiger charge is -2.19. The van der Waals surface area contributed by atoms with Crippen LogP contribution < -0.4 is 0 Å². The number of nitrogens with zero attached hydrogens (tertiary/aromatic N) is 2. The van der Waals surface area contributed by atoms with Gasteiger partial charge >= 0.3 is 0 Å². The predicted octanol–water partition coefficient (Wildman–Crippen LogP) is 0.253. The first-order chi connectivity index (χ1) is 7.18. The van der Waals surface area contributed by atoms with Crippen molar-refractivity contribution < 1.29 is 9.90 Å². The minimum atomic E-state index is -0.387. The zero-order valence-corrected chi connectivity index (χ0v) is 8.68. The van der Waals surface area contributed by atoms with Crippen molar-refractivity contribution in [3.8, 4) is 0 Å². The van der Waals surface area contributed by atoms with E-state index in [1.807, 2.05) is 0 Å². The molecule has 0 saturated heterocycles. The molecule has 1 aromatic rings. The number of carbonyl (C=O) groups excluding carboxylic acids is 1. The first-order valence-electron chi connectivity index (χ1n) is 5.11. The Hall–Kier alpha value is -1.36. The zero-order valence-electron chi connectivity index (χ0n) is 8.68. The average Bonchev–Trinajstić information content (AvgIpc) is 2.93. The summed E-state index contributed by atoms with van der Waals surface area (Å²) in [5.74, 6) is 0.259. The largest absolute Gasteiger partial charge is 0.391 e. The summed E-state index contributed by atoms with van der Waals surface area (Å²) in [5, 5.41) is 16.0. The van der Waals surface area contributed by atoms with Crippen LogP contribution in [-0.2, 0) is 0 Å². The Labute approximate surface area is 88.1 Å². The molecule has 1 aromatic heterocycles. The maximum absolute atomic E-state index is 11.7. The van der Waals surface area contributed by atoms with E-state index in [4.69, 9.17) is 0 Å². The molecule has 1 aliphatic rings. The van der Waals surface area contributed by atoms with Gasteiger partial charge in [-0.15, -0.1) is 0 Å². The number of hydrogen-bond acceptors (Lipinski definition) is 3. The van der Waals surface area contributed by atoms with Crippen molar-refractivity contribution in [3.05, 3.63) is 18.0 Å². The number of aromatic nitrogens is 2. The van der Waals surface area contributed by atoms with Crippen molar-refractivity contribution >= 4 is 5.91 Å². The van der Waals surface area contributed by atoms with Crippen LogP contribution in [0.1, 0.15) is 23.3 Å². The number of hydrogen-bond donors (Lipinski definition) is 2. The van der Waals surface area contributed by atoms with Gasteiger partial charge in [0.1, 0.15) is 5.69 Å². The quantitative estimate of drug-likeness (QED) is 0.747. The molecule has 2 N–H and O–H groups in total. The molecule has 15 heavy (non-hydrogen) atoms. The van der Waals surface area contributed by atoms with E-state index in [0.717, 1.165) is 12.8 Å². The summed E-state index contributed by atoms with van der Waals surface area (Å²) in [4.78, 5) is 13.3. The van der Waals surface area contributed by atoms with Crippen LogP contribution in [0.4, 0.5) is 0 Å². The van der Waals surface area contributed by atoms with Gasteiger partial charge in [0.05, 0.1) is 6.10 Å². The topological polar surface area (TPSA) is 69.2 Å². The van der Waals surface area contributed by atoms with Crippen LogP contribution in [0.25, 0.3) is 0 Å². The Kier molecular flexibility index (Phi) is 2.73. The lowest BCUT2D eigenvalue weighted by atomic mass is 10.2. The van der Waals surface area contributed by atoms with E-state index in [1.165, 1.54) is 4.90 Å². The molecule has 1 amide bonds. The molecule has 0 bridgehead atoms. The molecule has 1 saturated carbocycles. The molecule has 0 aliphatic heterocycles. The van der Waals surface area contributed by atoms with Gasteiger partial charge in [-0.1, -0.05) is 0 Å². The number of H-pyrrole nitrogens is 1. The second-order valence-corrected chi connectivity index (χ2v) is 4.06. The number of rotatable bonds is 4. The van der Waals surface area contributed by atoms with Gasteiger partial charge in [0, 0.05) is 19.8 Å². The molecule has 0 spiro atoms. The molecular weight excluding hydrogens is 194 g/mol. The SMILES string of the molecule is CN(CC(O)C1CC1)C(=O)c1ccn[nH]1.